The second kappa shape index (κ2) is 10.8. The van der Waals surface area contributed by atoms with Gasteiger partial charge in [0, 0.05) is 49.3 Å². The highest BCUT2D eigenvalue weighted by atomic mass is 32.2. The zero-order chi connectivity index (χ0) is 28.7. The number of amides is 1. The number of pyridine rings is 1. The van der Waals surface area contributed by atoms with Gasteiger partial charge >= 0.3 is 0 Å². The smallest absolute Gasteiger partial charge is 0.249 e. The number of nitrogens with zero attached hydrogens (tertiary/aromatic N) is 4. The minimum Gasteiger partial charge on any atom is -0.369 e. The Morgan fingerprint density at radius 1 is 1.15 bits per heavy atom. The Kier molecular flexibility index (Phi) is 7.57. The van der Waals surface area contributed by atoms with Gasteiger partial charge in [0.05, 0.1) is 34.7 Å². The minimum atomic E-state index is -3.00. The SMILES string of the molecule is CC(C)C(C#N)NC(=O)C1CC(F)(F)CCC1c1nn2ccccc2c1-c1ccc(N2CCS(=O)(=O)CC2)cc1. The number of anilines is 1. The van der Waals surface area contributed by atoms with E-state index in [1.807, 2.05) is 47.4 Å². The van der Waals surface area contributed by atoms with E-state index in [2.05, 4.69) is 11.4 Å². The highest BCUT2D eigenvalue weighted by Gasteiger charge is 2.47. The maximum absolute atomic E-state index is 14.7. The van der Waals surface area contributed by atoms with E-state index >= 15 is 0 Å². The van der Waals surface area contributed by atoms with Crippen molar-refractivity contribution in [2.24, 2.45) is 11.8 Å². The van der Waals surface area contributed by atoms with Crippen LogP contribution in [0.25, 0.3) is 16.6 Å². The van der Waals surface area contributed by atoms with E-state index in [4.69, 9.17) is 5.10 Å². The number of rotatable bonds is 6. The summed E-state index contributed by atoms with van der Waals surface area (Å²) in [5, 5.41) is 17.0. The molecule has 3 aromatic rings. The Labute approximate surface area is 232 Å². The molecule has 2 fully saturated rings. The molecule has 212 valence electrons. The quantitative estimate of drug-likeness (QED) is 0.471. The van der Waals surface area contributed by atoms with Crippen molar-refractivity contribution in [3.63, 3.8) is 0 Å². The molecule has 1 aromatic carbocycles. The van der Waals surface area contributed by atoms with Crippen molar-refractivity contribution in [1.29, 1.82) is 5.26 Å². The number of aromatic nitrogens is 2. The van der Waals surface area contributed by atoms with Crippen LogP contribution in [0.15, 0.2) is 48.7 Å². The predicted molar refractivity (Wildman–Crippen MR) is 149 cm³/mol. The first kappa shape index (κ1) is 28.0. The van der Waals surface area contributed by atoms with Gasteiger partial charge < -0.3 is 10.2 Å². The van der Waals surface area contributed by atoms with Crippen molar-refractivity contribution in [1.82, 2.24) is 14.9 Å². The van der Waals surface area contributed by atoms with Gasteiger partial charge in [-0.2, -0.15) is 10.4 Å². The van der Waals surface area contributed by atoms with Crippen molar-refractivity contribution in [2.75, 3.05) is 29.5 Å². The average molecular weight is 570 g/mol. The van der Waals surface area contributed by atoms with Crippen molar-refractivity contribution in [3.05, 3.63) is 54.4 Å². The third-order valence-electron chi connectivity index (χ3n) is 8.05. The van der Waals surface area contributed by atoms with Gasteiger partial charge in [-0.1, -0.05) is 32.0 Å². The molecule has 5 rings (SSSR count). The molecule has 1 N–H and O–H groups in total. The molecule has 1 saturated heterocycles. The Morgan fingerprint density at radius 2 is 1.85 bits per heavy atom. The van der Waals surface area contributed by atoms with Crippen LogP contribution in [0.2, 0.25) is 0 Å². The fraction of sp³-hybridized carbons (Fsp3) is 0.483. The van der Waals surface area contributed by atoms with Crippen molar-refractivity contribution >= 4 is 26.9 Å². The number of sulfone groups is 1. The van der Waals surface area contributed by atoms with Gasteiger partial charge in [-0.15, -0.1) is 0 Å². The summed E-state index contributed by atoms with van der Waals surface area (Å²) in [6.07, 6.45) is 0.921. The molecule has 3 unspecified atom stereocenters. The average Bonchev–Trinajstić information content (AvgIpc) is 3.30. The minimum absolute atomic E-state index is 0.0845. The normalized spacial score (nSPS) is 23.1. The van der Waals surface area contributed by atoms with Gasteiger partial charge in [0.1, 0.15) is 6.04 Å². The lowest BCUT2D eigenvalue weighted by Crippen LogP contribution is -2.46. The van der Waals surface area contributed by atoms with Crippen LogP contribution < -0.4 is 10.2 Å². The van der Waals surface area contributed by atoms with E-state index in [-0.39, 0.29) is 30.3 Å². The van der Waals surface area contributed by atoms with E-state index in [0.29, 0.717) is 18.8 Å². The number of nitriles is 1. The predicted octanol–water partition coefficient (Wildman–Crippen LogP) is 4.42. The highest BCUT2D eigenvalue weighted by Crippen LogP contribution is 2.48. The molecule has 40 heavy (non-hydrogen) atoms. The zero-order valence-electron chi connectivity index (χ0n) is 22.6. The summed E-state index contributed by atoms with van der Waals surface area (Å²) in [6.45, 7) is 4.45. The Bertz CT molecular complexity index is 1530. The summed E-state index contributed by atoms with van der Waals surface area (Å²) in [6, 6.07) is 14.6. The number of hydrogen-bond acceptors (Lipinski definition) is 6. The number of halogens is 2. The molecule has 1 saturated carbocycles. The van der Waals surface area contributed by atoms with E-state index in [0.717, 1.165) is 22.3 Å². The van der Waals surface area contributed by atoms with Crippen LogP contribution in [0.5, 0.6) is 0 Å². The van der Waals surface area contributed by atoms with Gasteiger partial charge in [0.2, 0.25) is 11.8 Å². The van der Waals surface area contributed by atoms with Gasteiger partial charge in [0.15, 0.2) is 9.84 Å². The summed E-state index contributed by atoms with van der Waals surface area (Å²) in [5.74, 6) is -5.08. The molecule has 8 nitrogen and oxygen atoms in total. The number of hydrogen-bond donors (Lipinski definition) is 1. The van der Waals surface area contributed by atoms with Crippen LogP contribution in [-0.2, 0) is 14.6 Å². The molecular weight excluding hydrogens is 536 g/mol. The highest BCUT2D eigenvalue weighted by molar-refractivity contribution is 7.91. The molecule has 1 aliphatic heterocycles. The van der Waals surface area contributed by atoms with Crippen LogP contribution in [-0.4, -0.2) is 60.5 Å². The van der Waals surface area contributed by atoms with Crippen molar-refractivity contribution < 1.29 is 22.0 Å². The lowest BCUT2D eigenvalue weighted by atomic mass is 9.73. The maximum atomic E-state index is 14.7. The second-order valence-corrected chi connectivity index (χ2v) is 13.5. The lowest BCUT2D eigenvalue weighted by Gasteiger charge is -2.35. The summed E-state index contributed by atoms with van der Waals surface area (Å²) in [7, 11) is -3.00. The lowest BCUT2D eigenvalue weighted by molar-refractivity contribution is -0.134. The first-order valence-electron chi connectivity index (χ1n) is 13.6. The maximum Gasteiger partial charge on any atom is 0.249 e. The van der Waals surface area contributed by atoms with E-state index in [1.54, 1.807) is 24.6 Å². The first-order chi connectivity index (χ1) is 19.0. The largest absolute Gasteiger partial charge is 0.369 e. The Hall–Kier alpha value is -3.52. The van der Waals surface area contributed by atoms with Gasteiger partial charge in [-0.3, -0.25) is 4.79 Å². The number of carbonyl (C=O) groups excluding carboxylic acids is 1. The fourth-order valence-corrected chi connectivity index (χ4v) is 6.93. The molecule has 3 heterocycles. The molecule has 0 radical (unpaired) electrons. The summed E-state index contributed by atoms with van der Waals surface area (Å²) in [4.78, 5) is 15.4. The molecular formula is C29H33F2N5O3S. The summed E-state index contributed by atoms with van der Waals surface area (Å²) in [5.41, 5.74) is 3.89. The van der Waals surface area contributed by atoms with Crippen molar-refractivity contribution in [3.8, 4) is 17.2 Å². The molecule has 0 spiro atoms. The number of fused-ring (bicyclic) bond motifs is 1. The summed E-state index contributed by atoms with van der Waals surface area (Å²) >= 11 is 0. The summed E-state index contributed by atoms with van der Waals surface area (Å²) < 4.78 is 54.7. The van der Waals surface area contributed by atoms with Crippen molar-refractivity contribution in [2.45, 2.75) is 51.0 Å². The number of benzene rings is 1. The molecule has 2 aromatic heterocycles. The Morgan fingerprint density at radius 3 is 2.50 bits per heavy atom. The third kappa shape index (κ3) is 5.68. The van der Waals surface area contributed by atoms with Gasteiger partial charge in [-0.25, -0.2) is 21.7 Å². The van der Waals surface area contributed by atoms with Crippen LogP contribution in [0, 0.1) is 23.2 Å². The first-order valence-corrected chi connectivity index (χ1v) is 15.4. The molecule has 3 atom stereocenters. The van der Waals surface area contributed by atoms with Gasteiger partial charge in [0.25, 0.3) is 0 Å². The van der Waals surface area contributed by atoms with Crippen LogP contribution in [0.4, 0.5) is 14.5 Å². The fourth-order valence-electron chi connectivity index (χ4n) is 5.73. The number of alkyl halides is 2. The number of carbonyl (C=O) groups is 1. The van der Waals surface area contributed by atoms with E-state index in [1.165, 1.54) is 0 Å². The second-order valence-electron chi connectivity index (χ2n) is 11.1. The monoisotopic (exact) mass is 569 g/mol. The third-order valence-corrected chi connectivity index (χ3v) is 9.66. The molecule has 1 amide bonds. The molecule has 11 heteroatoms. The number of nitrogens with one attached hydrogen (secondary N) is 1. The van der Waals surface area contributed by atoms with E-state index in [9.17, 15) is 27.3 Å². The molecule has 1 aliphatic carbocycles. The van der Waals surface area contributed by atoms with Crippen LogP contribution >= 0.6 is 0 Å². The Balaban J connectivity index is 1.52. The van der Waals surface area contributed by atoms with Crippen LogP contribution in [0.1, 0.15) is 44.7 Å². The standard InChI is InChI=1S/C29H33F2N5O3S/c1-19(2)24(18-32)33-28(37)23-17-29(30,31)11-10-22(23)27-26(25-5-3-4-12-36(25)34-27)20-6-8-21(9-7-20)35-13-15-40(38,39)16-14-35/h3-9,12,19,22-24H,10-11,13-17H2,1-2H3,(H,33,37). The van der Waals surface area contributed by atoms with Crippen LogP contribution in [0.3, 0.4) is 0 Å². The van der Waals surface area contributed by atoms with Gasteiger partial charge in [-0.05, 0) is 42.2 Å². The zero-order valence-corrected chi connectivity index (χ0v) is 23.4. The topological polar surface area (TPSA) is 108 Å². The molecule has 0 bridgehead atoms. The molecule has 2 aliphatic rings. The van der Waals surface area contributed by atoms with E-state index < -0.39 is 46.0 Å².